The minimum absolute atomic E-state index is 0.209. The zero-order chi connectivity index (χ0) is 13.8. The summed E-state index contributed by atoms with van der Waals surface area (Å²) < 4.78 is 5.13. The Balaban J connectivity index is 2.44. The first kappa shape index (κ1) is 13.1. The van der Waals surface area contributed by atoms with E-state index in [4.69, 9.17) is 10.5 Å². The number of aryl methyl sites for hydroxylation is 1. The van der Waals surface area contributed by atoms with E-state index in [1.165, 1.54) is 5.56 Å². The van der Waals surface area contributed by atoms with Gasteiger partial charge < -0.3 is 15.4 Å². The monoisotopic (exact) mass is 258 g/mol. The van der Waals surface area contributed by atoms with Gasteiger partial charge in [0.05, 0.1) is 7.11 Å². The van der Waals surface area contributed by atoms with Crippen LogP contribution >= 0.6 is 0 Å². The molecule has 0 radical (unpaired) electrons. The van der Waals surface area contributed by atoms with Gasteiger partial charge in [0, 0.05) is 18.3 Å². The summed E-state index contributed by atoms with van der Waals surface area (Å²) in [5.41, 5.74) is 7.98. The number of nitrogens with zero attached hydrogens (tertiary/aromatic N) is 3. The van der Waals surface area contributed by atoms with Gasteiger partial charge in [-0.2, -0.15) is 9.97 Å². The van der Waals surface area contributed by atoms with Crippen molar-refractivity contribution in [3.63, 3.8) is 0 Å². The molecule has 2 aromatic rings. The molecular weight excluding hydrogens is 240 g/mol. The molecule has 2 rings (SSSR count). The van der Waals surface area contributed by atoms with Crippen LogP contribution in [0.25, 0.3) is 0 Å². The molecule has 0 atom stereocenters. The van der Waals surface area contributed by atoms with E-state index in [0.717, 1.165) is 18.1 Å². The van der Waals surface area contributed by atoms with Gasteiger partial charge >= 0.3 is 0 Å². The Bertz CT molecular complexity index is 571. The molecule has 19 heavy (non-hydrogen) atoms. The first-order valence-electron chi connectivity index (χ1n) is 6.16. The Morgan fingerprint density at radius 3 is 2.68 bits per heavy atom. The Morgan fingerprint density at radius 2 is 2.05 bits per heavy atom. The zero-order valence-electron chi connectivity index (χ0n) is 11.4. The fourth-order valence-electron chi connectivity index (χ4n) is 1.95. The van der Waals surface area contributed by atoms with Crippen LogP contribution in [0.5, 0.6) is 5.88 Å². The molecule has 5 heteroatoms. The third-order valence-corrected chi connectivity index (χ3v) is 2.82. The highest BCUT2D eigenvalue weighted by Crippen LogP contribution is 2.26. The van der Waals surface area contributed by atoms with E-state index in [2.05, 4.69) is 40.8 Å². The van der Waals surface area contributed by atoms with Crippen LogP contribution in [0, 0.1) is 6.92 Å². The van der Waals surface area contributed by atoms with Gasteiger partial charge in [-0.05, 0) is 31.5 Å². The first-order chi connectivity index (χ1) is 9.13. The molecule has 0 saturated heterocycles. The molecule has 0 aliphatic heterocycles. The van der Waals surface area contributed by atoms with Crippen molar-refractivity contribution < 1.29 is 4.74 Å². The topological polar surface area (TPSA) is 64.3 Å². The predicted molar refractivity (Wildman–Crippen MR) is 76.9 cm³/mol. The van der Waals surface area contributed by atoms with E-state index in [0.29, 0.717) is 5.88 Å². The van der Waals surface area contributed by atoms with Crippen molar-refractivity contribution in [1.29, 1.82) is 0 Å². The number of benzene rings is 1. The summed E-state index contributed by atoms with van der Waals surface area (Å²) in [6.45, 7) is 4.91. The molecule has 100 valence electrons. The van der Waals surface area contributed by atoms with E-state index in [1.807, 2.05) is 12.1 Å². The van der Waals surface area contributed by atoms with Crippen LogP contribution in [-0.2, 0) is 0 Å². The van der Waals surface area contributed by atoms with E-state index < -0.39 is 0 Å². The van der Waals surface area contributed by atoms with Crippen LogP contribution in [0.15, 0.2) is 30.3 Å². The Labute approximate surface area is 113 Å². The van der Waals surface area contributed by atoms with Crippen LogP contribution < -0.4 is 15.4 Å². The maximum Gasteiger partial charge on any atom is 0.225 e. The number of ether oxygens (including phenoxy) is 1. The van der Waals surface area contributed by atoms with Gasteiger partial charge in [0.25, 0.3) is 0 Å². The Hall–Kier alpha value is -2.30. The van der Waals surface area contributed by atoms with Gasteiger partial charge in [0.2, 0.25) is 11.8 Å². The van der Waals surface area contributed by atoms with Crippen molar-refractivity contribution in [2.45, 2.75) is 13.8 Å². The van der Waals surface area contributed by atoms with Gasteiger partial charge in [-0.1, -0.05) is 12.1 Å². The molecule has 2 N–H and O–H groups in total. The summed E-state index contributed by atoms with van der Waals surface area (Å²) in [4.78, 5) is 10.3. The summed E-state index contributed by atoms with van der Waals surface area (Å²) in [6.07, 6.45) is 0. The van der Waals surface area contributed by atoms with Crippen LogP contribution in [-0.4, -0.2) is 23.6 Å². The molecule has 0 spiro atoms. The quantitative estimate of drug-likeness (QED) is 0.913. The molecule has 5 nitrogen and oxygen atoms in total. The highest BCUT2D eigenvalue weighted by Gasteiger charge is 2.11. The van der Waals surface area contributed by atoms with Gasteiger partial charge in [-0.3, -0.25) is 0 Å². The average molecular weight is 258 g/mol. The molecular formula is C14H18N4O. The zero-order valence-corrected chi connectivity index (χ0v) is 11.4. The molecule has 0 bridgehead atoms. The molecule has 0 unspecified atom stereocenters. The molecule has 1 aromatic heterocycles. The number of hydrogen-bond acceptors (Lipinski definition) is 5. The second-order valence-corrected chi connectivity index (χ2v) is 4.21. The fourth-order valence-corrected chi connectivity index (χ4v) is 1.95. The van der Waals surface area contributed by atoms with Crippen LogP contribution in [0.1, 0.15) is 12.5 Å². The molecule has 0 aliphatic carbocycles. The van der Waals surface area contributed by atoms with E-state index >= 15 is 0 Å². The second-order valence-electron chi connectivity index (χ2n) is 4.21. The minimum Gasteiger partial charge on any atom is -0.481 e. The van der Waals surface area contributed by atoms with E-state index in [9.17, 15) is 0 Å². The Morgan fingerprint density at radius 1 is 1.26 bits per heavy atom. The lowest BCUT2D eigenvalue weighted by molar-refractivity contribution is 0.398. The number of methoxy groups -OCH3 is 1. The lowest BCUT2D eigenvalue weighted by Gasteiger charge is -2.22. The van der Waals surface area contributed by atoms with Crippen molar-refractivity contribution in [2.75, 3.05) is 24.3 Å². The minimum atomic E-state index is 0.209. The third-order valence-electron chi connectivity index (χ3n) is 2.82. The van der Waals surface area contributed by atoms with Crippen molar-refractivity contribution in [3.8, 4) is 5.88 Å². The van der Waals surface area contributed by atoms with Gasteiger partial charge in [0.1, 0.15) is 5.82 Å². The number of nitrogen functional groups attached to an aromatic ring is 1. The van der Waals surface area contributed by atoms with Gasteiger partial charge in [-0.15, -0.1) is 0 Å². The summed E-state index contributed by atoms with van der Waals surface area (Å²) in [5, 5.41) is 0. The number of aromatic nitrogens is 2. The lowest BCUT2D eigenvalue weighted by atomic mass is 10.2. The first-order valence-corrected chi connectivity index (χ1v) is 6.16. The maximum absolute atomic E-state index is 5.71. The second kappa shape index (κ2) is 5.56. The molecule has 0 saturated carbocycles. The number of rotatable bonds is 4. The highest BCUT2D eigenvalue weighted by molar-refractivity contribution is 5.62. The number of hydrogen-bond donors (Lipinski definition) is 1. The molecule has 0 amide bonds. The third kappa shape index (κ3) is 2.93. The molecule has 0 fully saturated rings. The normalized spacial score (nSPS) is 10.3. The standard InChI is InChI=1S/C14H18N4O/c1-4-18(11-7-5-6-10(2)8-11)12-9-13(19-3)17-14(15)16-12/h5-9H,4H2,1-3H3,(H2,15,16,17). The summed E-state index contributed by atoms with van der Waals surface area (Å²) in [7, 11) is 1.56. The van der Waals surface area contributed by atoms with Crippen molar-refractivity contribution in [3.05, 3.63) is 35.9 Å². The summed E-state index contributed by atoms with van der Waals surface area (Å²) >= 11 is 0. The van der Waals surface area contributed by atoms with Crippen molar-refractivity contribution in [1.82, 2.24) is 9.97 Å². The van der Waals surface area contributed by atoms with Crippen LogP contribution in [0.3, 0.4) is 0 Å². The van der Waals surface area contributed by atoms with E-state index in [-0.39, 0.29) is 5.95 Å². The SMILES string of the molecule is CCN(c1cccc(C)c1)c1cc(OC)nc(N)n1. The number of nitrogens with two attached hydrogens (primary N) is 1. The van der Waals surface area contributed by atoms with Crippen molar-refractivity contribution in [2.24, 2.45) is 0 Å². The largest absolute Gasteiger partial charge is 0.481 e. The van der Waals surface area contributed by atoms with Crippen LogP contribution in [0.4, 0.5) is 17.5 Å². The highest BCUT2D eigenvalue weighted by atomic mass is 16.5. The Kier molecular flexibility index (Phi) is 3.85. The lowest BCUT2D eigenvalue weighted by Crippen LogP contribution is -2.18. The van der Waals surface area contributed by atoms with Gasteiger partial charge in [0.15, 0.2) is 0 Å². The predicted octanol–water partition coefficient (Wildman–Crippen LogP) is 2.53. The van der Waals surface area contributed by atoms with Crippen LogP contribution in [0.2, 0.25) is 0 Å². The van der Waals surface area contributed by atoms with Crippen molar-refractivity contribution >= 4 is 17.5 Å². The smallest absolute Gasteiger partial charge is 0.225 e. The summed E-state index contributed by atoms with van der Waals surface area (Å²) in [6, 6.07) is 10.0. The maximum atomic E-state index is 5.71. The molecule has 1 heterocycles. The number of anilines is 3. The fraction of sp³-hybridized carbons (Fsp3) is 0.286. The van der Waals surface area contributed by atoms with E-state index in [1.54, 1.807) is 13.2 Å². The molecule has 1 aromatic carbocycles. The molecule has 0 aliphatic rings. The average Bonchev–Trinajstić information content (AvgIpc) is 2.39. The van der Waals surface area contributed by atoms with Gasteiger partial charge in [-0.25, -0.2) is 0 Å². The summed E-state index contributed by atoms with van der Waals surface area (Å²) in [5.74, 6) is 1.41.